The third-order valence-corrected chi connectivity index (χ3v) is 4.95. The smallest absolute Gasteiger partial charge is 0.236 e. The van der Waals surface area contributed by atoms with E-state index in [0.29, 0.717) is 17.7 Å². The van der Waals surface area contributed by atoms with Gasteiger partial charge in [-0.2, -0.15) is 11.8 Å². The predicted octanol–water partition coefficient (Wildman–Crippen LogP) is 2.91. The highest BCUT2D eigenvalue weighted by molar-refractivity contribution is 7.99. The van der Waals surface area contributed by atoms with Crippen LogP contribution in [-0.4, -0.2) is 34.4 Å². The maximum Gasteiger partial charge on any atom is 0.236 e. The molecule has 1 saturated carbocycles. The Balaban J connectivity index is 1.84. The van der Waals surface area contributed by atoms with Crippen LogP contribution in [0.4, 0.5) is 0 Å². The minimum atomic E-state index is 0.223. The van der Waals surface area contributed by atoms with E-state index >= 15 is 0 Å². The van der Waals surface area contributed by atoms with E-state index in [1.165, 1.54) is 31.4 Å². The number of thioether (sulfide) groups is 1. The van der Waals surface area contributed by atoms with Gasteiger partial charge in [0.15, 0.2) is 0 Å². The number of hydrogen-bond donors (Lipinski definition) is 1. The summed E-state index contributed by atoms with van der Waals surface area (Å²) in [5.74, 6) is 1.77. The molecule has 1 unspecified atom stereocenters. The molecule has 1 amide bonds. The van der Waals surface area contributed by atoms with E-state index in [2.05, 4.69) is 17.9 Å². The first kappa shape index (κ1) is 14.9. The van der Waals surface area contributed by atoms with Gasteiger partial charge in [0.1, 0.15) is 0 Å². The Kier molecular flexibility index (Phi) is 5.76. The van der Waals surface area contributed by atoms with Crippen LogP contribution in [0.25, 0.3) is 0 Å². The summed E-state index contributed by atoms with van der Waals surface area (Å²) in [6.45, 7) is 2.09. The maximum atomic E-state index is 12.4. The van der Waals surface area contributed by atoms with Crippen molar-refractivity contribution in [1.82, 2.24) is 4.90 Å². The van der Waals surface area contributed by atoms with Crippen molar-refractivity contribution in [3.63, 3.8) is 0 Å². The van der Waals surface area contributed by atoms with Gasteiger partial charge in [-0.3, -0.25) is 4.79 Å². The lowest BCUT2D eigenvalue weighted by Crippen LogP contribution is -2.35. The number of carbonyl (C=O) groups excluding carboxylic acids is 1. The second kappa shape index (κ2) is 7.34. The van der Waals surface area contributed by atoms with E-state index in [9.17, 15) is 4.79 Å². The molecule has 108 valence electrons. The van der Waals surface area contributed by atoms with Crippen molar-refractivity contribution in [2.45, 2.75) is 64.0 Å². The predicted molar refractivity (Wildman–Crippen MR) is 82.0 cm³/mol. The molecule has 0 spiro atoms. The normalized spacial score (nSPS) is 20.8. The molecule has 0 aromatic heterocycles. The fraction of sp³-hybridized carbons (Fsp3) is 0.800. The van der Waals surface area contributed by atoms with Gasteiger partial charge in [-0.1, -0.05) is 13.0 Å². The summed E-state index contributed by atoms with van der Waals surface area (Å²) in [6, 6.07) is 0.721. The van der Waals surface area contributed by atoms with Crippen LogP contribution in [0.3, 0.4) is 0 Å². The lowest BCUT2D eigenvalue weighted by Gasteiger charge is -2.28. The molecule has 4 heteroatoms. The molecule has 0 bridgehead atoms. The zero-order chi connectivity index (χ0) is 13.7. The van der Waals surface area contributed by atoms with Crippen molar-refractivity contribution in [2.75, 3.05) is 11.5 Å². The van der Waals surface area contributed by atoms with Gasteiger partial charge in [0.2, 0.25) is 5.91 Å². The van der Waals surface area contributed by atoms with Crippen LogP contribution in [0.2, 0.25) is 0 Å². The Morgan fingerprint density at radius 2 is 2.32 bits per heavy atom. The second-order valence-corrected chi connectivity index (χ2v) is 6.65. The van der Waals surface area contributed by atoms with Crippen LogP contribution < -0.4 is 5.73 Å². The molecule has 3 nitrogen and oxygen atoms in total. The average molecular weight is 282 g/mol. The second-order valence-electron chi connectivity index (χ2n) is 5.62. The van der Waals surface area contributed by atoms with Crippen molar-refractivity contribution >= 4 is 17.7 Å². The van der Waals surface area contributed by atoms with Crippen LogP contribution in [-0.2, 0) is 4.79 Å². The van der Waals surface area contributed by atoms with Gasteiger partial charge >= 0.3 is 0 Å². The highest BCUT2D eigenvalue weighted by atomic mass is 32.2. The number of amides is 1. The molecule has 0 aliphatic heterocycles. The van der Waals surface area contributed by atoms with Crippen molar-refractivity contribution < 1.29 is 4.79 Å². The minimum Gasteiger partial charge on any atom is -0.327 e. The highest BCUT2D eigenvalue weighted by Crippen LogP contribution is 2.34. The molecule has 2 rings (SSSR count). The zero-order valence-corrected chi connectivity index (χ0v) is 12.8. The number of allylic oxidation sites excluding steroid dienone is 2. The summed E-state index contributed by atoms with van der Waals surface area (Å²) in [5, 5.41) is 0. The fourth-order valence-corrected chi connectivity index (χ4v) is 3.43. The van der Waals surface area contributed by atoms with Gasteiger partial charge in [-0.05, 0) is 44.9 Å². The summed E-state index contributed by atoms with van der Waals surface area (Å²) < 4.78 is 0. The lowest BCUT2D eigenvalue weighted by molar-refractivity contribution is -0.127. The quantitative estimate of drug-likeness (QED) is 0.781. The topological polar surface area (TPSA) is 46.3 Å². The Morgan fingerprint density at radius 1 is 1.53 bits per heavy atom. The van der Waals surface area contributed by atoms with Crippen molar-refractivity contribution in [1.29, 1.82) is 0 Å². The molecule has 19 heavy (non-hydrogen) atoms. The lowest BCUT2D eigenvalue weighted by atomic mass is 10.0. The summed E-state index contributed by atoms with van der Waals surface area (Å²) in [6.07, 6.45) is 10.4. The van der Waals surface area contributed by atoms with Crippen molar-refractivity contribution in [3.8, 4) is 0 Å². The molecule has 1 fully saturated rings. The van der Waals surface area contributed by atoms with Gasteiger partial charge in [0.05, 0.1) is 5.75 Å². The number of hydrogen-bond acceptors (Lipinski definition) is 3. The van der Waals surface area contributed by atoms with Crippen LogP contribution >= 0.6 is 11.8 Å². The van der Waals surface area contributed by atoms with Gasteiger partial charge in [0, 0.05) is 23.5 Å². The molecule has 0 aromatic rings. The molecule has 2 aliphatic rings. The molecule has 1 atom stereocenters. The Hall–Kier alpha value is -0.480. The first-order chi connectivity index (χ1) is 9.22. The molecule has 0 saturated heterocycles. The zero-order valence-electron chi connectivity index (χ0n) is 11.9. The minimum absolute atomic E-state index is 0.223. The number of carbonyl (C=O) groups is 1. The number of nitrogens with two attached hydrogens (primary N) is 1. The van der Waals surface area contributed by atoms with Crippen LogP contribution in [0.1, 0.15) is 51.9 Å². The maximum absolute atomic E-state index is 12.4. The van der Waals surface area contributed by atoms with Crippen LogP contribution in [0.15, 0.2) is 11.8 Å². The van der Waals surface area contributed by atoms with E-state index in [4.69, 9.17) is 5.73 Å². The Morgan fingerprint density at radius 3 is 2.89 bits per heavy atom. The van der Waals surface area contributed by atoms with E-state index in [1.54, 1.807) is 11.8 Å². The number of rotatable bonds is 7. The molecule has 0 heterocycles. The SMILES string of the molecule is CCC(N)CSCC(=O)N(C1=CCCCC1)C1CC1. The third-order valence-electron chi connectivity index (χ3n) is 3.84. The Labute approximate surface area is 121 Å². The summed E-state index contributed by atoms with van der Waals surface area (Å²) >= 11 is 1.69. The van der Waals surface area contributed by atoms with Crippen molar-refractivity contribution in [2.24, 2.45) is 5.73 Å². The highest BCUT2D eigenvalue weighted by Gasteiger charge is 2.34. The first-order valence-electron chi connectivity index (χ1n) is 7.56. The first-order valence-corrected chi connectivity index (χ1v) is 8.72. The monoisotopic (exact) mass is 282 g/mol. The van der Waals surface area contributed by atoms with E-state index in [-0.39, 0.29) is 6.04 Å². The summed E-state index contributed by atoms with van der Waals surface area (Å²) in [4.78, 5) is 14.5. The van der Waals surface area contributed by atoms with E-state index in [1.807, 2.05) is 0 Å². The van der Waals surface area contributed by atoms with Gasteiger partial charge < -0.3 is 10.6 Å². The van der Waals surface area contributed by atoms with Gasteiger partial charge in [0.25, 0.3) is 0 Å². The molecule has 0 aromatic carbocycles. The largest absolute Gasteiger partial charge is 0.327 e. The third kappa shape index (κ3) is 4.53. The van der Waals surface area contributed by atoms with Crippen molar-refractivity contribution in [3.05, 3.63) is 11.8 Å². The average Bonchev–Trinajstić information content (AvgIpc) is 3.24. The molecular formula is C15H26N2OS. The van der Waals surface area contributed by atoms with Gasteiger partial charge in [-0.25, -0.2) is 0 Å². The Bertz CT molecular complexity index is 339. The van der Waals surface area contributed by atoms with Gasteiger partial charge in [-0.15, -0.1) is 0 Å². The molecule has 2 aliphatic carbocycles. The van der Waals surface area contributed by atoms with Crippen LogP contribution in [0, 0.1) is 0 Å². The summed E-state index contributed by atoms with van der Waals surface area (Å²) in [7, 11) is 0. The molecular weight excluding hydrogens is 256 g/mol. The van der Waals surface area contributed by atoms with E-state index in [0.717, 1.165) is 25.0 Å². The van der Waals surface area contributed by atoms with Crippen LogP contribution in [0.5, 0.6) is 0 Å². The molecule has 0 radical (unpaired) electrons. The van der Waals surface area contributed by atoms with E-state index < -0.39 is 0 Å². The number of nitrogens with zero attached hydrogens (tertiary/aromatic N) is 1. The fourth-order valence-electron chi connectivity index (χ4n) is 2.46. The standard InChI is InChI=1S/C15H26N2OS/c1-2-12(16)10-19-11-15(18)17(14-8-9-14)13-6-4-3-5-7-13/h6,12,14H,2-5,7-11,16H2,1H3. The summed E-state index contributed by atoms with van der Waals surface area (Å²) in [5.41, 5.74) is 7.18. The molecule has 2 N–H and O–H groups in total.